The first-order chi connectivity index (χ1) is 7.76. The SMILES string of the molecule is Cc1ccc(C(O)(C2CC2)C(F)(F)F)cc1Br. The van der Waals surface area contributed by atoms with Crippen LogP contribution in [0.25, 0.3) is 0 Å². The summed E-state index contributed by atoms with van der Waals surface area (Å²) in [6.07, 6.45) is -3.80. The van der Waals surface area contributed by atoms with Crippen molar-refractivity contribution in [3.8, 4) is 0 Å². The molecule has 1 N–H and O–H groups in total. The molecule has 0 radical (unpaired) electrons. The van der Waals surface area contributed by atoms with Crippen LogP contribution < -0.4 is 0 Å². The summed E-state index contributed by atoms with van der Waals surface area (Å²) in [6, 6.07) is 4.30. The molecule has 1 nitrogen and oxygen atoms in total. The van der Waals surface area contributed by atoms with Gasteiger partial charge in [0.25, 0.3) is 0 Å². The highest BCUT2D eigenvalue weighted by Crippen LogP contribution is 2.54. The molecule has 1 unspecified atom stereocenters. The lowest BCUT2D eigenvalue weighted by atomic mass is 9.87. The molecular formula is C12H12BrF3O. The number of alkyl halides is 3. The molecule has 1 aromatic rings. The lowest BCUT2D eigenvalue weighted by Crippen LogP contribution is -2.44. The van der Waals surface area contributed by atoms with Crippen LogP contribution >= 0.6 is 15.9 Å². The number of halogens is 4. The van der Waals surface area contributed by atoms with Crippen LogP contribution in [0.15, 0.2) is 22.7 Å². The third-order valence-electron chi connectivity index (χ3n) is 3.21. The van der Waals surface area contributed by atoms with Crippen molar-refractivity contribution < 1.29 is 18.3 Å². The van der Waals surface area contributed by atoms with Crippen molar-refractivity contribution in [3.63, 3.8) is 0 Å². The molecule has 0 aromatic heterocycles. The molecule has 94 valence electrons. The van der Waals surface area contributed by atoms with Crippen molar-refractivity contribution in [3.05, 3.63) is 33.8 Å². The Kier molecular flexibility index (Phi) is 3.02. The summed E-state index contributed by atoms with van der Waals surface area (Å²) >= 11 is 3.20. The largest absolute Gasteiger partial charge is 0.421 e. The van der Waals surface area contributed by atoms with Crippen LogP contribution in [-0.2, 0) is 5.60 Å². The van der Waals surface area contributed by atoms with E-state index in [4.69, 9.17) is 0 Å². The predicted molar refractivity (Wildman–Crippen MR) is 61.6 cm³/mol. The maximum atomic E-state index is 13.0. The normalized spacial score (nSPS) is 20.1. The Morgan fingerprint density at radius 3 is 2.29 bits per heavy atom. The van der Waals surface area contributed by atoms with Crippen LogP contribution in [0.2, 0.25) is 0 Å². The van der Waals surface area contributed by atoms with Crippen molar-refractivity contribution >= 4 is 15.9 Å². The van der Waals surface area contributed by atoms with Crippen molar-refractivity contribution in [2.24, 2.45) is 5.92 Å². The Morgan fingerprint density at radius 2 is 1.88 bits per heavy atom. The summed E-state index contributed by atoms with van der Waals surface area (Å²) in [5, 5.41) is 10.0. The standard InChI is InChI=1S/C12H12BrF3O/c1-7-2-3-9(6-10(7)13)11(17,8-4-5-8)12(14,15)16/h2-3,6,8,17H,4-5H2,1H3. The molecule has 0 bridgehead atoms. The molecule has 1 fully saturated rings. The average Bonchev–Trinajstić information content (AvgIpc) is 3.03. The number of hydrogen-bond acceptors (Lipinski definition) is 1. The molecule has 1 aromatic carbocycles. The van der Waals surface area contributed by atoms with Crippen molar-refractivity contribution in [2.45, 2.75) is 31.5 Å². The van der Waals surface area contributed by atoms with Crippen LogP contribution in [-0.4, -0.2) is 11.3 Å². The number of aliphatic hydroxyl groups is 1. The van der Waals surface area contributed by atoms with Gasteiger partial charge in [0.2, 0.25) is 0 Å². The number of aryl methyl sites for hydroxylation is 1. The summed E-state index contributed by atoms with van der Waals surface area (Å²) in [5.74, 6) is -0.711. The second-order valence-electron chi connectivity index (χ2n) is 4.50. The lowest BCUT2D eigenvalue weighted by molar-refractivity contribution is -0.275. The van der Waals surface area contributed by atoms with E-state index in [1.807, 2.05) is 0 Å². The van der Waals surface area contributed by atoms with Crippen molar-refractivity contribution in [2.75, 3.05) is 0 Å². The minimum Gasteiger partial charge on any atom is -0.376 e. The minimum absolute atomic E-state index is 0.0787. The molecule has 0 heterocycles. The Hall–Kier alpha value is -0.550. The topological polar surface area (TPSA) is 20.2 Å². The molecule has 0 saturated heterocycles. The third-order valence-corrected chi connectivity index (χ3v) is 4.07. The van der Waals surface area contributed by atoms with Crippen LogP contribution in [0.5, 0.6) is 0 Å². The smallest absolute Gasteiger partial charge is 0.376 e. The van der Waals surface area contributed by atoms with Crippen LogP contribution in [0.3, 0.4) is 0 Å². The molecule has 5 heteroatoms. The predicted octanol–water partition coefficient (Wildman–Crippen LogP) is 3.92. The van der Waals surface area contributed by atoms with Gasteiger partial charge in [-0.15, -0.1) is 0 Å². The zero-order valence-electron chi connectivity index (χ0n) is 9.18. The number of hydrogen-bond donors (Lipinski definition) is 1. The average molecular weight is 309 g/mol. The van der Waals surface area contributed by atoms with Gasteiger partial charge in [0, 0.05) is 10.4 Å². The van der Waals surface area contributed by atoms with Crippen molar-refractivity contribution in [1.82, 2.24) is 0 Å². The van der Waals surface area contributed by atoms with Gasteiger partial charge in [-0.3, -0.25) is 0 Å². The second kappa shape index (κ2) is 3.99. The summed E-state index contributed by atoms with van der Waals surface area (Å²) in [5.41, 5.74) is -1.94. The fraction of sp³-hybridized carbons (Fsp3) is 0.500. The molecular weight excluding hydrogens is 297 g/mol. The van der Waals surface area contributed by atoms with Crippen LogP contribution in [0.4, 0.5) is 13.2 Å². The summed E-state index contributed by atoms with van der Waals surface area (Å²) in [7, 11) is 0. The van der Waals surface area contributed by atoms with Gasteiger partial charge in [-0.25, -0.2) is 0 Å². The summed E-state index contributed by atoms with van der Waals surface area (Å²) in [6.45, 7) is 1.79. The van der Waals surface area contributed by atoms with E-state index < -0.39 is 17.7 Å². The first-order valence-electron chi connectivity index (χ1n) is 5.32. The first-order valence-corrected chi connectivity index (χ1v) is 6.12. The van der Waals surface area contributed by atoms with Gasteiger partial charge >= 0.3 is 6.18 Å². The highest BCUT2D eigenvalue weighted by molar-refractivity contribution is 9.10. The maximum Gasteiger partial charge on any atom is 0.421 e. The van der Waals surface area contributed by atoms with Crippen LogP contribution in [0, 0.1) is 12.8 Å². The van der Waals surface area contributed by atoms with E-state index in [-0.39, 0.29) is 5.56 Å². The van der Waals surface area contributed by atoms with Gasteiger partial charge in [-0.05, 0) is 37.0 Å². The number of benzene rings is 1. The van der Waals surface area contributed by atoms with E-state index >= 15 is 0 Å². The quantitative estimate of drug-likeness (QED) is 0.878. The molecule has 0 aliphatic heterocycles. The van der Waals surface area contributed by atoms with Crippen LogP contribution in [0.1, 0.15) is 24.0 Å². The zero-order chi connectivity index (χ0) is 12.8. The van der Waals surface area contributed by atoms with Crippen molar-refractivity contribution in [1.29, 1.82) is 0 Å². The Labute approximate surface area is 106 Å². The second-order valence-corrected chi connectivity index (χ2v) is 5.36. The van der Waals surface area contributed by atoms with Gasteiger partial charge < -0.3 is 5.11 Å². The van der Waals surface area contributed by atoms with E-state index in [1.54, 1.807) is 13.0 Å². The lowest BCUT2D eigenvalue weighted by Gasteiger charge is -2.31. The van der Waals surface area contributed by atoms with E-state index in [1.165, 1.54) is 12.1 Å². The molecule has 1 atom stereocenters. The molecule has 1 aliphatic rings. The zero-order valence-corrected chi connectivity index (χ0v) is 10.8. The highest BCUT2D eigenvalue weighted by atomic mass is 79.9. The van der Waals surface area contributed by atoms with Gasteiger partial charge in [-0.1, -0.05) is 28.1 Å². The summed E-state index contributed by atoms with van der Waals surface area (Å²) in [4.78, 5) is 0. The molecule has 17 heavy (non-hydrogen) atoms. The van der Waals surface area contributed by atoms with Gasteiger partial charge in [-0.2, -0.15) is 13.2 Å². The molecule has 2 rings (SSSR count). The van der Waals surface area contributed by atoms with E-state index in [0.717, 1.165) is 5.56 Å². The Bertz CT molecular complexity index is 440. The fourth-order valence-electron chi connectivity index (χ4n) is 1.96. The molecule has 1 saturated carbocycles. The third kappa shape index (κ3) is 2.10. The molecule has 0 spiro atoms. The number of rotatable bonds is 2. The summed E-state index contributed by atoms with van der Waals surface area (Å²) < 4.78 is 39.7. The molecule has 0 amide bonds. The Morgan fingerprint density at radius 1 is 1.29 bits per heavy atom. The maximum absolute atomic E-state index is 13.0. The first kappa shape index (κ1) is 12.9. The van der Waals surface area contributed by atoms with E-state index in [9.17, 15) is 18.3 Å². The van der Waals surface area contributed by atoms with E-state index in [2.05, 4.69) is 15.9 Å². The van der Waals surface area contributed by atoms with Gasteiger partial charge in [0.1, 0.15) is 0 Å². The van der Waals surface area contributed by atoms with Gasteiger partial charge in [0.05, 0.1) is 0 Å². The molecule has 1 aliphatic carbocycles. The Balaban J connectivity index is 2.50. The minimum atomic E-state index is -4.64. The monoisotopic (exact) mass is 308 g/mol. The van der Waals surface area contributed by atoms with Gasteiger partial charge in [0.15, 0.2) is 5.60 Å². The van der Waals surface area contributed by atoms with E-state index in [0.29, 0.717) is 17.3 Å². The highest BCUT2D eigenvalue weighted by Gasteiger charge is 2.62. The fourth-order valence-corrected chi connectivity index (χ4v) is 2.34.